The largest absolute Gasteiger partial charge is 0.305 e. The van der Waals surface area contributed by atoms with E-state index in [2.05, 4.69) is 30.8 Å². The third-order valence-electron chi connectivity index (χ3n) is 2.85. The Bertz CT molecular complexity index is 125. The Morgan fingerprint density at radius 1 is 1.50 bits per heavy atom. The second kappa shape index (κ2) is 4.83. The molecular formula is C10H22N2. The van der Waals surface area contributed by atoms with Crippen LogP contribution in [0.3, 0.4) is 0 Å². The van der Waals surface area contributed by atoms with E-state index >= 15 is 0 Å². The molecule has 0 aliphatic carbocycles. The lowest BCUT2D eigenvalue weighted by Gasteiger charge is -2.23. The third kappa shape index (κ3) is 2.76. The van der Waals surface area contributed by atoms with Crippen LogP contribution in [0.2, 0.25) is 0 Å². The highest BCUT2D eigenvalue weighted by Crippen LogP contribution is 2.12. The number of nitrogens with zero attached hydrogens (tertiary/aromatic N) is 2. The summed E-state index contributed by atoms with van der Waals surface area (Å²) in [4.78, 5) is 4.94. The van der Waals surface area contributed by atoms with Crippen molar-refractivity contribution in [2.24, 2.45) is 0 Å². The molecule has 0 amide bonds. The summed E-state index contributed by atoms with van der Waals surface area (Å²) in [6.07, 6.45) is 4.01. The molecule has 1 aliphatic heterocycles. The molecule has 1 fully saturated rings. The van der Waals surface area contributed by atoms with Crippen LogP contribution in [-0.4, -0.2) is 49.6 Å². The third-order valence-corrected chi connectivity index (χ3v) is 2.85. The van der Waals surface area contributed by atoms with E-state index in [1.165, 1.54) is 38.9 Å². The van der Waals surface area contributed by atoms with Crippen molar-refractivity contribution in [1.82, 2.24) is 9.80 Å². The first kappa shape index (κ1) is 10.0. The molecule has 0 N–H and O–H groups in total. The Labute approximate surface area is 76.5 Å². The highest BCUT2D eigenvalue weighted by molar-refractivity contribution is 4.79. The van der Waals surface area contributed by atoms with Gasteiger partial charge in [0.15, 0.2) is 0 Å². The minimum absolute atomic E-state index is 0.821. The summed E-state index contributed by atoms with van der Waals surface area (Å²) in [6, 6.07) is 0.821. The molecule has 1 rings (SSSR count). The zero-order chi connectivity index (χ0) is 8.97. The van der Waals surface area contributed by atoms with E-state index in [-0.39, 0.29) is 0 Å². The van der Waals surface area contributed by atoms with Crippen molar-refractivity contribution >= 4 is 0 Å². The van der Waals surface area contributed by atoms with Crippen LogP contribution in [0, 0.1) is 0 Å². The van der Waals surface area contributed by atoms with Crippen LogP contribution in [-0.2, 0) is 0 Å². The van der Waals surface area contributed by atoms with Gasteiger partial charge in [-0.1, -0.05) is 13.3 Å². The first-order valence-corrected chi connectivity index (χ1v) is 5.12. The van der Waals surface area contributed by atoms with E-state index in [1.54, 1.807) is 0 Å². The van der Waals surface area contributed by atoms with Gasteiger partial charge >= 0.3 is 0 Å². The van der Waals surface area contributed by atoms with Crippen molar-refractivity contribution in [2.75, 3.05) is 33.7 Å². The first-order valence-electron chi connectivity index (χ1n) is 5.12. The molecular weight excluding hydrogens is 148 g/mol. The van der Waals surface area contributed by atoms with Gasteiger partial charge in [0.05, 0.1) is 0 Å². The van der Waals surface area contributed by atoms with Gasteiger partial charge in [-0.3, -0.25) is 0 Å². The van der Waals surface area contributed by atoms with E-state index in [0.717, 1.165) is 6.04 Å². The van der Waals surface area contributed by atoms with Gasteiger partial charge in [0, 0.05) is 12.6 Å². The molecule has 1 aliphatic rings. The topological polar surface area (TPSA) is 6.48 Å². The fraction of sp³-hybridized carbons (Fsp3) is 1.00. The molecule has 0 aromatic heterocycles. The number of likely N-dealkylation sites (tertiary alicyclic amines) is 1. The molecule has 2 nitrogen and oxygen atoms in total. The molecule has 1 atom stereocenters. The van der Waals surface area contributed by atoms with Crippen molar-refractivity contribution in [3.05, 3.63) is 0 Å². The van der Waals surface area contributed by atoms with Gasteiger partial charge in [-0.25, -0.2) is 0 Å². The SMILES string of the molecule is CCCCN(C)C1CCN(C)C1. The van der Waals surface area contributed by atoms with Gasteiger partial charge in [0.2, 0.25) is 0 Å². The monoisotopic (exact) mass is 170 g/mol. The van der Waals surface area contributed by atoms with E-state index in [4.69, 9.17) is 0 Å². The van der Waals surface area contributed by atoms with Crippen LogP contribution in [0.25, 0.3) is 0 Å². The summed E-state index contributed by atoms with van der Waals surface area (Å²) >= 11 is 0. The molecule has 0 saturated carbocycles. The highest BCUT2D eigenvalue weighted by Gasteiger charge is 2.22. The normalized spacial score (nSPS) is 25.5. The predicted molar refractivity (Wildman–Crippen MR) is 53.4 cm³/mol. The van der Waals surface area contributed by atoms with E-state index in [0.29, 0.717) is 0 Å². The number of hydrogen-bond acceptors (Lipinski definition) is 2. The second-order valence-electron chi connectivity index (χ2n) is 4.04. The van der Waals surface area contributed by atoms with Gasteiger partial charge < -0.3 is 9.80 Å². The molecule has 1 saturated heterocycles. The summed E-state index contributed by atoms with van der Waals surface area (Å²) in [6.45, 7) is 6.07. The first-order chi connectivity index (χ1) is 5.74. The standard InChI is InChI=1S/C10H22N2/c1-4-5-7-12(3)10-6-8-11(2)9-10/h10H,4-9H2,1-3H3. The fourth-order valence-electron chi connectivity index (χ4n) is 1.86. The van der Waals surface area contributed by atoms with Crippen LogP contribution in [0.15, 0.2) is 0 Å². The number of unbranched alkanes of at least 4 members (excludes halogenated alkanes) is 1. The van der Waals surface area contributed by atoms with Gasteiger partial charge in [-0.15, -0.1) is 0 Å². The van der Waals surface area contributed by atoms with Gasteiger partial charge in [0.25, 0.3) is 0 Å². The average molecular weight is 170 g/mol. The van der Waals surface area contributed by atoms with Crippen LogP contribution in [0.4, 0.5) is 0 Å². The predicted octanol–water partition coefficient (Wildman–Crippen LogP) is 1.42. The molecule has 0 radical (unpaired) electrons. The maximum atomic E-state index is 2.52. The quantitative estimate of drug-likeness (QED) is 0.629. The molecule has 12 heavy (non-hydrogen) atoms. The number of rotatable bonds is 4. The summed E-state index contributed by atoms with van der Waals surface area (Å²) in [5, 5.41) is 0. The minimum atomic E-state index is 0.821. The van der Waals surface area contributed by atoms with Crippen molar-refractivity contribution in [2.45, 2.75) is 32.2 Å². The molecule has 2 heteroatoms. The van der Waals surface area contributed by atoms with Crippen molar-refractivity contribution < 1.29 is 0 Å². The highest BCUT2D eigenvalue weighted by atomic mass is 15.2. The zero-order valence-electron chi connectivity index (χ0n) is 8.71. The fourth-order valence-corrected chi connectivity index (χ4v) is 1.86. The van der Waals surface area contributed by atoms with E-state index in [1.807, 2.05) is 0 Å². The Kier molecular flexibility index (Phi) is 4.02. The Morgan fingerprint density at radius 2 is 2.25 bits per heavy atom. The van der Waals surface area contributed by atoms with E-state index in [9.17, 15) is 0 Å². The molecule has 0 aromatic rings. The van der Waals surface area contributed by atoms with Crippen LogP contribution >= 0.6 is 0 Å². The van der Waals surface area contributed by atoms with Gasteiger partial charge in [-0.05, 0) is 40.0 Å². The Hall–Kier alpha value is -0.0800. The van der Waals surface area contributed by atoms with Crippen molar-refractivity contribution in [3.8, 4) is 0 Å². The summed E-state index contributed by atoms with van der Waals surface area (Å²) in [7, 11) is 4.48. The summed E-state index contributed by atoms with van der Waals surface area (Å²) in [5.74, 6) is 0. The van der Waals surface area contributed by atoms with Crippen molar-refractivity contribution in [3.63, 3.8) is 0 Å². The smallest absolute Gasteiger partial charge is 0.0232 e. The van der Waals surface area contributed by atoms with Crippen molar-refractivity contribution in [1.29, 1.82) is 0 Å². The zero-order valence-corrected chi connectivity index (χ0v) is 8.71. The molecule has 0 spiro atoms. The summed E-state index contributed by atoms with van der Waals surface area (Å²) in [5.41, 5.74) is 0. The maximum absolute atomic E-state index is 2.52. The maximum Gasteiger partial charge on any atom is 0.0232 e. The lowest BCUT2D eigenvalue weighted by Crippen LogP contribution is -2.34. The van der Waals surface area contributed by atoms with Crippen LogP contribution in [0.5, 0.6) is 0 Å². The second-order valence-corrected chi connectivity index (χ2v) is 4.04. The number of likely N-dealkylation sites (N-methyl/N-ethyl adjacent to an activating group) is 2. The van der Waals surface area contributed by atoms with Gasteiger partial charge in [-0.2, -0.15) is 0 Å². The van der Waals surface area contributed by atoms with Gasteiger partial charge in [0.1, 0.15) is 0 Å². The Morgan fingerprint density at radius 3 is 2.75 bits per heavy atom. The lowest BCUT2D eigenvalue weighted by atomic mass is 10.2. The molecule has 0 aromatic carbocycles. The summed E-state index contributed by atoms with van der Waals surface area (Å²) < 4.78 is 0. The molecule has 1 unspecified atom stereocenters. The molecule has 1 heterocycles. The lowest BCUT2D eigenvalue weighted by molar-refractivity contribution is 0.238. The minimum Gasteiger partial charge on any atom is -0.305 e. The van der Waals surface area contributed by atoms with Crippen LogP contribution in [0.1, 0.15) is 26.2 Å². The molecule has 72 valence electrons. The van der Waals surface area contributed by atoms with Crippen LogP contribution < -0.4 is 0 Å². The average Bonchev–Trinajstić information content (AvgIpc) is 2.47. The Balaban J connectivity index is 2.18. The molecule has 0 bridgehead atoms. The van der Waals surface area contributed by atoms with E-state index < -0.39 is 0 Å². The number of hydrogen-bond donors (Lipinski definition) is 0.